The maximum atomic E-state index is 12.8. The number of ether oxygens (including phenoxy) is 3. The van der Waals surface area contributed by atoms with E-state index in [9.17, 15) is 14.4 Å². The van der Waals surface area contributed by atoms with Crippen molar-refractivity contribution in [2.24, 2.45) is 0 Å². The lowest BCUT2D eigenvalue weighted by Crippen LogP contribution is -2.30. The Balaban J connectivity index is 4.47. The van der Waals surface area contributed by atoms with Crippen LogP contribution >= 0.6 is 0 Å². The average Bonchev–Trinajstić information content (AvgIpc) is 3.27. The van der Waals surface area contributed by atoms with E-state index in [1.807, 2.05) is 36.5 Å². The minimum Gasteiger partial charge on any atom is -0.462 e. The third kappa shape index (κ3) is 47.6. The van der Waals surface area contributed by atoms with Crippen LogP contribution in [0.5, 0.6) is 0 Å². The first-order valence-corrected chi connectivity index (χ1v) is 25.7. The molecule has 0 radical (unpaired) electrons. The van der Waals surface area contributed by atoms with E-state index in [-0.39, 0.29) is 37.5 Å². The summed E-state index contributed by atoms with van der Waals surface area (Å²) in [6.45, 7) is 6.42. The van der Waals surface area contributed by atoms with Gasteiger partial charge in [-0.3, -0.25) is 14.4 Å². The molecular formula is C56H94O6. The van der Waals surface area contributed by atoms with Crippen LogP contribution < -0.4 is 0 Å². The summed E-state index contributed by atoms with van der Waals surface area (Å²) in [4.78, 5) is 37.9. The van der Waals surface area contributed by atoms with E-state index in [1.54, 1.807) is 0 Å². The largest absolute Gasteiger partial charge is 0.462 e. The lowest BCUT2D eigenvalue weighted by atomic mass is 10.1. The second-order valence-corrected chi connectivity index (χ2v) is 16.8. The standard InChI is InChI=1S/C56H94O6/c1-4-7-10-13-16-19-22-25-26-27-28-29-32-34-37-40-43-46-49-55(58)61-52-53(62-56(59)50-47-44-41-38-35-31-24-21-18-15-12-9-6-3)51-60-54(57)48-45-42-39-36-33-30-23-20-17-14-11-8-5-2/h9,12,15,18,21,24,26-31,33,35,53H,4-8,10-11,13-14,16-17,19-20,22-23,25,32,34,36-52H2,1-3H3/b12-9+,18-15+,24-21+,27-26+,29-28+,33-30+,35-31+. The summed E-state index contributed by atoms with van der Waals surface area (Å²) in [5.74, 6) is -0.978. The fourth-order valence-corrected chi connectivity index (χ4v) is 6.85. The third-order valence-electron chi connectivity index (χ3n) is 10.7. The van der Waals surface area contributed by atoms with Gasteiger partial charge < -0.3 is 14.2 Å². The van der Waals surface area contributed by atoms with Crippen molar-refractivity contribution in [1.29, 1.82) is 0 Å². The molecule has 0 fully saturated rings. The summed E-state index contributed by atoms with van der Waals surface area (Å²) in [5.41, 5.74) is 0. The maximum Gasteiger partial charge on any atom is 0.306 e. The third-order valence-corrected chi connectivity index (χ3v) is 10.7. The molecule has 0 aromatic heterocycles. The molecule has 62 heavy (non-hydrogen) atoms. The minimum atomic E-state index is -0.809. The molecule has 6 nitrogen and oxygen atoms in total. The van der Waals surface area contributed by atoms with Crippen LogP contribution in [0.25, 0.3) is 0 Å². The molecular weight excluding hydrogens is 769 g/mol. The lowest BCUT2D eigenvalue weighted by Gasteiger charge is -2.18. The number of allylic oxidation sites excluding steroid dienone is 14. The average molecular weight is 863 g/mol. The molecule has 0 spiro atoms. The highest BCUT2D eigenvalue weighted by Crippen LogP contribution is 2.13. The summed E-state index contributed by atoms with van der Waals surface area (Å²) in [6.07, 6.45) is 64.3. The van der Waals surface area contributed by atoms with Crippen molar-refractivity contribution in [3.8, 4) is 0 Å². The zero-order chi connectivity index (χ0) is 45.1. The van der Waals surface area contributed by atoms with Crippen molar-refractivity contribution in [3.05, 3.63) is 85.1 Å². The summed E-state index contributed by atoms with van der Waals surface area (Å²) >= 11 is 0. The van der Waals surface area contributed by atoms with Crippen LogP contribution in [0.3, 0.4) is 0 Å². The quantitative estimate of drug-likeness (QED) is 0.0199. The number of carbonyl (C=O) groups is 3. The zero-order valence-electron chi connectivity index (χ0n) is 40.4. The van der Waals surface area contributed by atoms with Crippen molar-refractivity contribution in [3.63, 3.8) is 0 Å². The van der Waals surface area contributed by atoms with E-state index < -0.39 is 6.10 Å². The van der Waals surface area contributed by atoms with Gasteiger partial charge in [-0.1, -0.05) is 209 Å². The first-order chi connectivity index (χ1) is 30.5. The maximum absolute atomic E-state index is 12.8. The number of hydrogen-bond donors (Lipinski definition) is 0. The van der Waals surface area contributed by atoms with Gasteiger partial charge in [-0.25, -0.2) is 0 Å². The first kappa shape index (κ1) is 58.6. The second kappa shape index (κ2) is 50.2. The molecule has 0 saturated heterocycles. The summed E-state index contributed by atoms with van der Waals surface area (Å²) in [7, 11) is 0. The Bertz CT molecular complexity index is 1220. The molecule has 0 aromatic rings. The molecule has 0 heterocycles. The molecule has 6 heteroatoms. The Hall–Kier alpha value is -3.41. The fourth-order valence-electron chi connectivity index (χ4n) is 6.85. The second-order valence-electron chi connectivity index (χ2n) is 16.8. The molecule has 0 amide bonds. The van der Waals surface area contributed by atoms with Crippen molar-refractivity contribution >= 4 is 17.9 Å². The molecule has 0 bridgehead atoms. The molecule has 1 unspecified atom stereocenters. The molecule has 0 aromatic carbocycles. The number of unbranched alkanes of at least 4 members (excludes halogenated alkanes) is 24. The molecule has 0 saturated carbocycles. The molecule has 0 aliphatic carbocycles. The van der Waals surface area contributed by atoms with Gasteiger partial charge in [0, 0.05) is 19.3 Å². The summed E-state index contributed by atoms with van der Waals surface area (Å²) < 4.78 is 16.7. The van der Waals surface area contributed by atoms with Crippen LogP contribution in [-0.2, 0) is 28.6 Å². The highest BCUT2D eigenvalue weighted by Gasteiger charge is 2.19. The Labute approximate surface area is 382 Å². The molecule has 1 atom stereocenters. The normalized spacial score (nSPS) is 12.8. The van der Waals surface area contributed by atoms with Gasteiger partial charge in [0.05, 0.1) is 0 Å². The van der Waals surface area contributed by atoms with Crippen LogP contribution in [0.1, 0.15) is 233 Å². The van der Waals surface area contributed by atoms with E-state index in [0.29, 0.717) is 19.3 Å². The van der Waals surface area contributed by atoms with Gasteiger partial charge in [0.2, 0.25) is 0 Å². The summed E-state index contributed by atoms with van der Waals surface area (Å²) in [6, 6.07) is 0. The van der Waals surface area contributed by atoms with Crippen LogP contribution in [0.2, 0.25) is 0 Å². The molecule has 0 aliphatic rings. The van der Waals surface area contributed by atoms with Crippen LogP contribution in [0, 0.1) is 0 Å². The monoisotopic (exact) mass is 863 g/mol. The minimum absolute atomic E-state index is 0.106. The van der Waals surface area contributed by atoms with Crippen molar-refractivity contribution < 1.29 is 28.6 Å². The molecule has 0 N–H and O–H groups in total. The Morgan fingerprint density at radius 3 is 1.06 bits per heavy atom. The van der Waals surface area contributed by atoms with E-state index in [1.165, 1.54) is 89.9 Å². The van der Waals surface area contributed by atoms with Gasteiger partial charge >= 0.3 is 17.9 Å². The Morgan fingerprint density at radius 2 is 0.645 bits per heavy atom. The SMILES string of the molecule is CC/C=C/C=C/C=C/C=C/CCCCCC(=O)OC(COC(=O)CCCCC/C=C/CCCCCCCC)COC(=O)CCCCCCC/C=C/C=C/CCCCCCCCC. The number of esters is 3. The number of rotatable bonds is 45. The fraction of sp³-hybridized carbons (Fsp3) is 0.696. The van der Waals surface area contributed by atoms with Gasteiger partial charge in [-0.05, 0) is 89.9 Å². The van der Waals surface area contributed by atoms with Gasteiger partial charge in [0.1, 0.15) is 13.2 Å². The van der Waals surface area contributed by atoms with E-state index in [4.69, 9.17) is 14.2 Å². The Kier molecular flexibility index (Phi) is 47.5. The van der Waals surface area contributed by atoms with Gasteiger partial charge in [-0.15, -0.1) is 0 Å². The number of carbonyl (C=O) groups excluding carboxylic acids is 3. The number of hydrogen-bond acceptors (Lipinski definition) is 6. The van der Waals surface area contributed by atoms with Crippen LogP contribution in [-0.4, -0.2) is 37.2 Å². The van der Waals surface area contributed by atoms with Gasteiger partial charge in [-0.2, -0.15) is 0 Å². The van der Waals surface area contributed by atoms with E-state index >= 15 is 0 Å². The lowest BCUT2D eigenvalue weighted by molar-refractivity contribution is -0.167. The van der Waals surface area contributed by atoms with E-state index in [0.717, 1.165) is 96.3 Å². The highest BCUT2D eigenvalue weighted by atomic mass is 16.6. The Morgan fingerprint density at radius 1 is 0.339 bits per heavy atom. The predicted octanol–water partition coefficient (Wildman–Crippen LogP) is 16.8. The van der Waals surface area contributed by atoms with Crippen molar-refractivity contribution in [2.75, 3.05) is 13.2 Å². The van der Waals surface area contributed by atoms with Gasteiger partial charge in [0.15, 0.2) is 6.10 Å². The topological polar surface area (TPSA) is 78.9 Å². The zero-order valence-corrected chi connectivity index (χ0v) is 40.4. The molecule has 0 rings (SSSR count). The van der Waals surface area contributed by atoms with E-state index in [2.05, 4.69) is 69.4 Å². The highest BCUT2D eigenvalue weighted by molar-refractivity contribution is 5.71. The van der Waals surface area contributed by atoms with Crippen molar-refractivity contribution in [2.45, 2.75) is 239 Å². The van der Waals surface area contributed by atoms with Gasteiger partial charge in [0.25, 0.3) is 0 Å². The summed E-state index contributed by atoms with van der Waals surface area (Å²) in [5, 5.41) is 0. The van der Waals surface area contributed by atoms with Crippen LogP contribution in [0.15, 0.2) is 85.1 Å². The first-order valence-electron chi connectivity index (χ1n) is 25.7. The smallest absolute Gasteiger partial charge is 0.306 e. The van der Waals surface area contributed by atoms with Crippen LogP contribution in [0.4, 0.5) is 0 Å². The van der Waals surface area contributed by atoms with Crippen molar-refractivity contribution in [1.82, 2.24) is 0 Å². The molecule has 0 aliphatic heterocycles. The predicted molar refractivity (Wildman–Crippen MR) is 265 cm³/mol. The molecule has 354 valence electrons.